The van der Waals surface area contributed by atoms with E-state index in [9.17, 15) is 4.79 Å². The molecule has 2 heterocycles. The van der Waals surface area contributed by atoms with Crippen LogP contribution < -0.4 is 11.0 Å². The van der Waals surface area contributed by atoms with Gasteiger partial charge in [-0.15, -0.1) is 0 Å². The van der Waals surface area contributed by atoms with Crippen LogP contribution in [0.5, 0.6) is 0 Å². The fourth-order valence-electron chi connectivity index (χ4n) is 2.13. The van der Waals surface area contributed by atoms with Gasteiger partial charge in [0.25, 0.3) is 5.56 Å². The molecule has 0 bridgehead atoms. The van der Waals surface area contributed by atoms with Crippen molar-refractivity contribution in [2.24, 2.45) is 0 Å². The quantitative estimate of drug-likeness (QED) is 0.611. The highest BCUT2D eigenvalue weighted by atomic mass is 16.4. The molecule has 0 atom stereocenters. The lowest BCUT2D eigenvalue weighted by molar-refractivity contribution is 0.425. The highest BCUT2D eigenvalue weighted by Gasteiger charge is 2.11. The molecular formula is C13H12BN3O3. The van der Waals surface area contributed by atoms with Crippen LogP contribution in [0.3, 0.4) is 0 Å². The fourth-order valence-corrected chi connectivity index (χ4v) is 2.13. The van der Waals surface area contributed by atoms with Crippen LogP contribution in [0.15, 0.2) is 53.7 Å². The third kappa shape index (κ3) is 2.24. The Labute approximate surface area is 114 Å². The lowest BCUT2D eigenvalue weighted by Crippen LogP contribution is -2.30. The van der Waals surface area contributed by atoms with Gasteiger partial charge in [-0.2, -0.15) is 5.10 Å². The minimum absolute atomic E-state index is 0.139. The molecular weight excluding hydrogens is 257 g/mol. The molecule has 2 N–H and O–H groups in total. The number of hydrogen-bond donors (Lipinski definition) is 2. The first-order chi connectivity index (χ1) is 9.65. The Balaban J connectivity index is 1.99. The van der Waals surface area contributed by atoms with Crippen molar-refractivity contribution in [3.05, 3.63) is 64.8 Å². The van der Waals surface area contributed by atoms with Crippen LogP contribution in [0.4, 0.5) is 0 Å². The summed E-state index contributed by atoms with van der Waals surface area (Å²) in [6, 6.07) is 8.51. The van der Waals surface area contributed by atoms with E-state index in [1.807, 2.05) is 6.07 Å². The predicted octanol–water partition coefficient (Wildman–Crippen LogP) is -0.776. The molecule has 3 rings (SSSR count). The molecule has 0 saturated heterocycles. The molecule has 1 aromatic carbocycles. The van der Waals surface area contributed by atoms with Gasteiger partial charge < -0.3 is 14.6 Å². The van der Waals surface area contributed by atoms with Gasteiger partial charge in [-0.05, 0) is 17.1 Å². The fraction of sp³-hybridized carbons (Fsp3) is 0.0769. The molecule has 3 aromatic rings. The van der Waals surface area contributed by atoms with Gasteiger partial charge in [-0.25, -0.2) is 4.52 Å². The van der Waals surface area contributed by atoms with E-state index in [2.05, 4.69) is 5.10 Å². The number of rotatable bonds is 3. The van der Waals surface area contributed by atoms with Crippen molar-refractivity contribution in [3.8, 4) is 0 Å². The Morgan fingerprint density at radius 2 is 2.05 bits per heavy atom. The van der Waals surface area contributed by atoms with Crippen molar-refractivity contribution in [1.82, 2.24) is 14.2 Å². The summed E-state index contributed by atoms with van der Waals surface area (Å²) in [6.45, 7) is 0.362. The van der Waals surface area contributed by atoms with Gasteiger partial charge in [0.05, 0.1) is 12.7 Å². The van der Waals surface area contributed by atoms with Crippen LogP contribution in [-0.4, -0.2) is 31.3 Å². The van der Waals surface area contributed by atoms with Gasteiger partial charge in [0.15, 0.2) is 0 Å². The van der Waals surface area contributed by atoms with Crippen LogP contribution in [0.25, 0.3) is 5.52 Å². The molecule has 0 aliphatic heterocycles. The Morgan fingerprint density at radius 3 is 2.85 bits per heavy atom. The second-order valence-corrected chi connectivity index (χ2v) is 4.51. The van der Waals surface area contributed by atoms with Crippen LogP contribution in [0.2, 0.25) is 0 Å². The zero-order chi connectivity index (χ0) is 14.1. The summed E-state index contributed by atoms with van der Waals surface area (Å²) in [5.74, 6) is 0. The summed E-state index contributed by atoms with van der Waals surface area (Å²) in [4.78, 5) is 12.2. The van der Waals surface area contributed by atoms with E-state index in [1.54, 1.807) is 47.4 Å². The number of benzene rings is 1. The SMILES string of the molecule is O=c1c2ccnn2ccn1Cc1cccc(B(O)O)c1. The van der Waals surface area contributed by atoms with E-state index in [-0.39, 0.29) is 5.56 Å². The molecule has 0 fully saturated rings. The average Bonchev–Trinajstić information content (AvgIpc) is 2.91. The lowest BCUT2D eigenvalue weighted by Gasteiger charge is -2.08. The van der Waals surface area contributed by atoms with Crippen molar-refractivity contribution in [2.45, 2.75) is 6.54 Å². The molecule has 0 radical (unpaired) electrons. The Bertz CT molecular complexity index is 810. The molecule has 0 spiro atoms. The molecule has 6 nitrogen and oxygen atoms in total. The molecule has 100 valence electrons. The lowest BCUT2D eigenvalue weighted by atomic mass is 9.79. The molecule has 20 heavy (non-hydrogen) atoms. The second kappa shape index (κ2) is 4.95. The third-order valence-electron chi connectivity index (χ3n) is 3.14. The van der Waals surface area contributed by atoms with Gasteiger partial charge in [-0.3, -0.25) is 4.79 Å². The molecule has 0 aliphatic carbocycles. The summed E-state index contributed by atoms with van der Waals surface area (Å²) in [6.07, 6.45) is 4.94. The first-order valence-electron chi connectivity index (χ1n) is 6.13. The largest absolute Gasteiger partial charge is 0.488 e. The summed E-state index contributed by atoms with van der Waals surface area (Å²) in [5, 5.41) is 22.3. The second-order valence-electron chi connectivity index (χ2n) is 4.51. The highest BCUT2D eigenvalue weighted by molar-refractivity contribution is 6.58. The zero-order valence-corrected chi connectivity index (χ0v) is 10.5. The molecule has 7 heteroatoms. The zero-order valence-electron chi connectivity index (χ0n) is 10.5. The average molecular weight is 269 g/mol. The number of aromatic nitrogens is 3. The molecule has 0 unspecified atom stereocenters. The minimum atomic E-state index is -1.51. The third-order valence-corrected chi connectivity index (χ3v) is 3.14. The first-order valence-corrected chi connectivity index (χ1v) is 6.13. The van der Waals surface area contributed by atoms with Crippen LogP contribution in [0.1, 0.15) is 5.56 Å². The van der Waals surface area contributed by atoms with Crippen LogP contribution in [-0.2, 0) is 6.54 Å². The number of hydrogen-bond acceptors (Lipinski definition) is 4. The first kappa shape index (κ1) is 12.6. The summed E-state index contributed by atoms with van der Waals surface area (Å²) >= 11 is 0. The van der Waals surface area contributed by atoms with Crippen molar-refractivity contribution in [1.29, 1.82) is 0 Å². The summed E-state index contributed by atoms with van der Waals surface area (Å²) in [5.41, 5.74) is 1.59. The smallest absolute Gasteiger partial charge is 0.423 e. The minimum Gasteiger partial charge on any atom is -0.423 e. The van der Waals surface area contributed by atoms with Gasteiger partial charge >= 0.3 is 7.12 Å². The molecule has 0 amide bonds. The topological polar surface area (TPSA) is 79.8 Å². The van der Waals surface area contributed by atoms with Gasteiger partial charge in [0, 0.05) is 12.4 Å². The number of fused-ring (bicyclic) bond motifs is 1. The monoisotopic (exact) mass is 269 g/mol. The van der Waals surface area contributed by atoms with Gasteiger partial charge in [0.1, 0.15) is 5.52 Å². The maximum absolute atomic E-state index is 12.2. The summed E-state index contributed by atoms with van der Waals surface area (Å²) in [7, 11) is -1.51. The Kier molecular flexibility index (Phi) is 3.13. The Hall–Kier alpha value is -2.38. The van der Waals surface area contributed by atoms with E-state index < -0.39 is 7.12 Å². The Morgan fingerprint density at radius 1 is 1.20 bits per heavy atom. The van der Waals surface area contributed by atoms with E-state index in [0.717, 1.165) is 5.56 Å². The molecule has 0 aliphatic rings. The standard InChI is InChI=1S/C13H12BN3O3/c18-13-12-4-5-15-17(12)7-6-16(13)9-10-2-1-3-11(8-10)14(19)20/h1-8,19-20H,9H2. The predicted molar refractivity (Wildman–Crippen MR) is 74.8 cm³/mol. The van der Waals surface area contributed by atoms with E-state index >= 15 is 0 Å². The van der Waals surface area contributed by atoms with Crippen molar-refractivity contribution >= 4 is 18.1 Å². The molecule has 0 saturated carbocycles. The van der Waals surface area contributed by atoms with Gasteiger partial charge in [0.2, 0.25) is 0 Å². The summed E-state index contributed by atoms with van der Waals surface area (Å²) < 4.78 is 3.08. The van der Waals surface area contributed by atoms with E-state index in [4.69, 9.17) is 10.0 Å². The highest BCUT2D eigenvalue weighted by Crippen LogP contribution is 2.01. The maximum Gasteiger partial charge on any atom is 0.488 e. The van der Waals surface area contributed by atoms with Crippen LogP contribution in [0, 0.1) is 0 Å². The number of nitrogens with zero attached hydrogens (tertiary/aromatic N) is 3. The molecule has 2 aromatic heterocycles. The van der Waals surface area contributed by atoms with Crippen LogP contribution >= 0.6 is 0 Å². The normalized spacial score (nSPS) is 10.9. The maximum atomic E-state index is 12.2. The van der Waals surface area contributed by atoms with E-state index in [1.165, 1.54) is 4.52 Å². The van der Waals surface area contributed by atoms with E-state index in [0.29, 0.717) is 17.5 Å². The van der Waals surface area contributed by atoms with Crippen molar-refractivity contribution < 1.29 is 10.0 Å². The van der Waals surface area contributed by atoms with Crippen molar-refractivity contribution in [3.63, 3.8) is 0 Å². The van der Waals surface area contributed by atoms with Gasteiger partial charge in [-0.1, -0.05) is 24.3 Å². The van der Waals surface area contributed by atoms with Crippen molar-refractivity contribution in [2.75, 3.05) is 0 Å².